The van der Waals surface area contributed by atoms with Gasteiger partial charge in [-0.3, -0.25) is 4.90 Å². The Morgan fingerprint density at radius 2 is 2.19 bits per heavy atom. The molecule has 1 fully saturated rings. The average Bonchev–Trinajstić information content (AvgIpc) is 2.70. The first kappa shape index (κ1) is 11.5. The molecule has 0 amide bonds. The van der Waals surface area contributed by atoms with E-state index < -0.39 is 0 Å². The molecule has 2 rings (SSSR count). The number of thiazole rings is 1. The van der Waals surface area contributed by atoms with Gasteiger partial charge in [0, 0.05) is 31.6 Å². The van der Waals surface area contributed by atoms with Crippen molar-refractivity contribution >= 4 is 11.3 Å². The lowest BCUT2D eigenvalue weighted by Crippen LogP contribution is -2.43. The van der Waals surface area contributed by atoms with E-state index in [2.05, 4.69) is 27.9 Å². The van der Waals surface area contributed by atoms with Gasteiger partial charge in [-0.1, -0.05) is 0 Å². The first-order chi connectivity index (χ1) is 7.78. The van der Waals surface area contributed by atoms with Crippen molar-refractivity contribution in [3.05, 3.63) is 16.1 Å². The molecule has 16 heavy (non-hydrogen) atoms. The molecule has 2 heterocycles. The number of rotatable bonds is 3. The van der Waals surface area contributed by atoms with Crippen LogP contribution in [-0.4, -0.2) is 48.0 Å². The van der Waals surface area contributed by atoms with Gasteiger partial charge in [0.25, 0.3) is 0 Å². The van der Waals surface area contributed by atoms with E-state index in [0.717, 1.165) is 43.4 Å². The van der Waals surface area contributed by atoms with Gasteiger partial charge in [-0.15, -0.1) is 11.3 Å². The van der Waals surface area contributed by atoms with Gasteiger partial charge >= 0.3 is 0 Å². The van der Waals surface area contributed by atoms with Crippen LogP contribution in [0.1, 0.15) is 10.7 Å². The van der Waals surface area contributed by atoms with Crippen LogP contribution < -0.4 is 0 Å². The Morgan fingerprint density at radius 1 is 1.44 bits per heavy atom. The van der Waals surface area contributed by atoms with Crippen LogP contribution in [0, 0.1) is 11.3 Å². The van der Waals surface area contributed by atoms with Crippen LogP contribution in [0.4, 0.5) is 0 Å². The zero-order valence-corrected chi connectivity index (χ0v) is 10.3. The van der Waals surface area contributed by atoms with E-state index in [9.17, 15) is 0 Å². The highest BCUT2D eigenvalue weighted by Gasteiger charge is 2.15. The van der Waals surface area contributed by atoms with Crippen molar-refractivity contribution in [3.63, 3.8) is 0 Å². The molecule has 0 spiro atoms. The maximum Gasteiger partial charge on any atom is 0.107 e. The highest BCUT2D eigenvalue weighted by molar-refractivity contribution is 7.09. The predicted octanol–water partition coefficient (Wildman–Crippen LogP) is 0.957. The minimum atomic E-state index is 0.430. The molecule has 0 N–H and O–H groups in total. The largest absolute Gasteiger partial charge is 0.304 e. The number of hydrogen-bond donors (Lipinski definition) is 0. The summed E-state index contributed by atoms with van der Waals surface area (Å²) in [5.74, 6) is 0. The second-order valence-corrected chi connectivity index (χ2v) is 5.09. The first-order valence-electron chi connectivity index (χ1n) is 5.49. The lowest BCUT2D eigenvalue weighted by Gasteiger charge is -2.31. The van der Waals surface area contributed by atoms with Crippen LogP contribution >= 0.6 is 11.3 Å². The van der Waals surface area contributed by atoms with Gasteiger partial charge in [0.2, 0.25) is 0 Å². The van der Waals surface area contributed by atoms with Crippen molar-refractivity contribution in [2.45, 2.75) is 13.0 Å². The maximum atomic E-state index is 8.58. The Morgan fingerprint density at radius 3 is 2.88 bits per heavy atom. The number of aromatic nitrogens is 1. The Bertz CT molecular complexity index is 374. The quantitative estimate of drug-likeness (QED) is 0.784. The van der Waals surface area contributed by atoms with Crippen LogP contribution in [-0.2, 0) is 13.0 Å². The highest BCUT2D eigenvalue weighted by atomic mass is 32.1. The van der Waals surface area contributed by atoms with E-state index in [1.54, 1.807) is 11.3 Å². The monoisotopic (exact) mass is 236 g/mol. The van der Waals surface area contributed by atoms with Crippen molar-refractivity contribution in [2.24, 2.45) is 0 Å². The number of piperazine rings is 1. The fraction of sp³-hybridized carbons (Fsp3) is 0.636. The second kappa shape index (κ2) is 5.39. The summed E-state index contributed by atoms with van der Waals surface area (Å²) in [6.45, 7) is 5.43. The average molecular weight is 236 g/mol. The molecule has 4 nitrogen and oxygen atoms in total. The maximum absolute atomic E-state index is 8.58. The standard InChI is InChI=1S/C11H16N4S/c1-14-4-6-15(7-5-14)8-11-13-10(2-3-12)9-16-11/h9H,2,4-8H2,1H3. The summed E-state index contributed by atoms with van der Waals surface area (Å²) in [5, 5.41) is 11.7. The molecule has 0 unspecified atom stereocenters. The minimum Gasteiger partial charge on any atom is -0.304 e. The highest BCUT2D eigenvalue weighted by Crippen LogP contribution is 2.13. The van der Waals surface area contributed by atoms with E-state index in [0.29, 0.717) is 6.42 Å². The van der Waals surface area contributed by atoms with E-state index in [1.165, 1.54) is 0 Å². The van der Waals surface area contributed by atoms with Crippen LogP contribution in [0.2, 0.25) is 0 Å². The SMILES string of the molecule is CN1CCN(Cc2nc(CC#N)cs2)CC1. The fourth-order valence-corrected chi connectivity index (χ4v) is 2.62. The van der Waals surface area contributed by atoms with Crippen molar-refractivity contribution in [1.29, 1.82) is 5.26 Å². The molecular formula is C11H16N4S. The molecule has 0 bridgehead atoms. The number of hydrogen-bond acceptors (Lipinski definition) is 5. The van der Waals surface area contributed by atoms with Gasteiger partial charge in [0.1, 0.15) is 5.01 Å². The molecule has 1 aliphatic heterocycles. The summed E-state index contributed by atoms with van der Waals surface area (Å²) in [6, 6.07) is 2.13. The van der Waals surface area contributed by atoms with Crippen molar-refractivity contribution in [2.75, 3.05) is 33.2 Å². The fourth-order valence-electron chi connectivity index (χ4n) is 1.78. The lowest BCUT2D eigenvalue weighted by molar-refractivity contribution is 0.148. The van der Waals surface area contributed by atoms with Gasteiger partial charge in [-0.25, -0.2) is 4.98 Å². The van der Waals surface area contributed by atoms with Gasteiger partial charge in [-0.2, -0.15) is 5.26 Å². The number of nitriles is 1. The van der Waals surface area contributed by atoms with Gasteiger partial charge in [-0.05, 0) is 7.05 Å². The zero-order chi connectivity index (χ0) is 11.4. The topological polar surface area (TPSA) is 43.2 Å². The van der Waals surface area contributed by atoms with Crippen molar-refractivity contribution in [3.8, 4) is 6.07 Å². The first-order valence-corrected chi connectivity index (χ1v) is 6.37. The van der Waals surface area contributed by atoms with Gasteiger partial charge in [0.15, 0.2) is 0 Å². The molecular weight excluding hydrogens is 220 g/mol. The third-order valence-corrected chi connectivity index (χ3v) is 3.70. The van der Waals surface area contributed by atoms with Crippen molar-refractivity contribution in [1.82, 2.24) is 14.8 Å². The Kier molecular flexibility index (Phi) is 3.88. The summed E-state index contributed by atoms with van der Waals surface area (Å²) in [5.41, 5.74) is 0.914. The number of nitrogens with zero attached hydrogens (tertiary/aromatic N) is 4. The summed E-state index contributed by atoms with van der Waals surface area (Å²) < 4.78 is 0. The summed E-state index contributed by atoms with van der Waals surface area (Å²) in [7, 11) is 2.16. The molecule has 0 aliphatic carbocycles. The molecule has 0 saturated carbocycles. The van der Waals surface area contributed by atoms with Crippen LogP contribution in [0.5, 0.6) is 0 Å². The molecule has 1 aromatic rings. The molecule has 5 heteroatoms. The second-order valence-electron chi connectivity index (χ2n) is 4.15. The molecule has 1 saturated heterocycles. The zero-order valence-electron chi connectivity index (χ0n) is 9.52. The Labute approximate surface area is 100 Å². The summed E-state index contributed by atoms with van der Waals surface area (Å²) in [6.07, 6.45) is 0.430. The molecule has 1 aliphatic rings. The Balaban J connectivity index is 1.86. The van der Waals surface area contributed by atoms with E-state index >= 15 is 0 Å². The van der Waals surface area contributed by atoms with Gasteiger partial charge < -0.3 is 4.90 Å². The van der Waals surface area contributed by atoms with E-state index in [4.69, 9.17) is 5.26 Å². The smallest absolute Gasteiger partial charge is 0.107 e. The Hall–Kier alpha value is -0.960. The minimum absolute atomic E-state index is 0.430. The molecule has 0 aromatic carbocycles. The predicted molar refractivity (Wildman–Crippen MR) is 64.2 cm³/mol. The van der Waals surface area contributed by atoms with Crippen molar-refractivity contribution < 1.29 is 0 Å². The van der Waals surface area contributed by atoms with Crippen LogP contribution in [0.3, 0.4) is 0 Å². The lowest BCUT2D eigenvalue weighted by atomic mass is 10.3. The summed E-state index contributed by atoms with van der Waals surface area (Å²) in [4.78, 5) is 9.23. The van der Waals surface area contributed by atoms with Gasteiger partial charge in [0.05, 0.1) is 24.7 Å². The molecule has 1 aromatic heterocycles. The third kappa shape index (κ3) is 3.01. The van der Waals surface area contributed by atoms with E-state index in [-0.39, 0.29) is 0 Å². The van der Waals surface area contributed by atoms with E-state index in [1.807, 2.05) is 5.38 Å². The summed E-state index contributed by atoms with van der Waals surface area (Å²) >= 11 is 1.67. The molecule has 0 radical (unpaired) electrons. The molecule has 86 valence electrons. The van der Waals surface area contributed by atoms with Crippen LogP contribution in [0.25, 0.3) is 0 Å². The normalized spacial score (nSPS) is 18.5. The molecule has 0 atom stereocenters. The number of likely N-dealkylation sites (N-methyl/N-ethyl adjacent to an activating group) is 1. The third-order valence-electron chi connectivity index (χ3n) is 2.81. The van der Waals surface area contributed by atoms with Crippen LogP contribution in [0.15, 0.2) is 5.38 Å².